The molecule has 1 aromatic carbocycles. The Morgan fingerprint density at radius 3 is 2.57 bits per heavy atom. The predicted molar refractivity (Wildman–Crippen MR) is 52.5 cm³/mol. The Morgan fingerprint density at radius 1 is 1.50 bits per heavy atom. The van der Waals surface area contributed by atoms with Crippen LogP contribution in [0, 0.1) is 18.3 Å². The molecule has 0 unspecified atom stereocenters. The number of hydrogen-bond acceptors (Lipinski definition) is 3. The van der Waals surface area contributed by atoms with Gasteiger partial charge in [-0.25, -0.2) is 0 Å². The minimum Gasteiger partial charge on any atom is -0.495 e. The van der Waals surface area contributed by atoms with Crippen LogP contribution in [0.25, 0.3) is 0 Å². The number of benzene rings is 1. The normalized spacial score (nSPS) is 9.29. The lowest BCUT2D eigenvalue weighted by molar-refractivity contribution is 0.101. The highest BCUT2D eigenvalue weighted by molar-refractivity contribution is 5.99. The highest BCUT2D eigenvalue weighted by Crippen LogP contribution is 2.26. The third-order valence-corrected chi connectivity index (χ3v) is 2.04. The lowest BCUT2D eigenvalue weighted by Crippen LogP contribution is -2.02. The van der Waals surface area contributed by atoms with Gasteiger partial charge in [0.2, 0.25) is 0 Å². The fourth-order valence-corrected chi connectivity index (χ4v) is 1.42. The van der Waals surface area contributed by atoms with E-state index in [1.54, 1.807) is 12.1 Å². The van der Waals surface area contributed by atoms with Crippen molar-refractivity contribution in [3.05, 3.63) is 28.8 Å². The molecule has 3 heteroatoms. The van der Waals surface area contributed by atoms with Gasteiger partial charge in [-0.15, -0.1) is 0 Å². The van der Waals surface area contributed by atoms with E-state index in [4.69, 9.17) is 10.00 Å². The van der Waals surface area contributed by atoms with Crippen LogP contribution in [0.15, 0.2) is 12.1 Å². The summed E-state index contributed by atoms with van der Waals surface area (Å²) in [5, 5.41) is 8.81. The molecule has 1 aromatic rings. The fourth-order valence-electron chi connectivity index (χ4n) is 1.42. The van der Waals surface area contributed by atoms with Gasteiger partial charge < -0.3 is 4.74 Å². The van der Waals surface area contributed by atoms with Gasteiger partial charge in [0.05, 0.1) is 18.2 Å². The van der Waals surface area contributed by atoms with Crippen molar-refractivity contribution in [3.63, 3.8) is 0 Å². The summed E-state index contributed by atoms with van der Waals surface area (Å²) in [4.78, 5) is 11.3. The Kier molecular flexibility index (Phi) is 2.88. The molecule has 1 rings (SSSR count). The maximum absolute atomic E-state index is 11.3. The second kappa shape index (κ2) is 3.93. The summed E-state index contributed by atoms with van der Waals surface area (Å²) in [6.45, 7) is 3.28. The number of nitriles is 1. The zero-order chi connectivity index (χ0) is 10.7. The zero-order valence-electron chi connectivity index (χ0n) is 8.42. The van der Waals surface area contributed by atoms with Gasteiger partial charge in [-0.2, -0.15) is 5.26 Å². The van der Waals surface area contributed by atoms with Gasteiger partial charge in [0, 0.05) is 0 Å². The minimum absolute atomic E-state index is 0.0866. The Bertz CT molecular complexity index is 416. The smallest absolute Gasteiger partial charge is 0.163 e. The van der Waals surface area contributed by atoms with Gasteiger partial charge in [-0.05, 0) is 25.5 Å². The van der Waals surface area contributed by atoms with Crippen LogP contribution in [0.4, 0.5) is 0 Å². The molecule has 0 aliphatic heterocycles. The Labute approximate surface area is 82.9 Å². The number of carbonyl (C=O) groups excluding carboxylic acids is 1. The van der Waals surface area contributed by atoms with Gasteiger partial charge in [-0.1, -0.05) is 6.07 Å². The number of hydrogen-bond donors (Lipinski definition) is 0. The number of ketones is 1. The average molecular weight is 189 g/mol. The van der Waals surface area contributed by atoms with Crippen LogP contribution < -0.4 is 4.74 Å². The molecule has 0 amide bonds. The number of rotatable bonds is 2. The van der Waals surface area contributed by atoms with Crippen molar-refractivity contribution >= 4 is 5.78 Å². The summed E-state index contributed by atoms with van der Waals surface area (Å²) >= 11 is 0. The largest absolute Gasteiger partial charge is 0.495 e. The molecule has 0 saturated heterocycles. The summed E-state index contributed by atoms with van der Waals surface area (Å²) in [6.07, 6.45) is 0. The second-order valence-electron chi connectivity index (χ2n) is 3.01. The van der Waals surface area contributed by atoms with Crippen LogP contribution in [0.5, 0.6) is 5.75 Å². The van der Waals surface area contributed by atoms with E-state index in [0.717, 1.165) is 5.56 Å². The first-order valence-electron chi connectivity index (χ1n) is 4.20. The Morgan fingerprint density at radius 2 is 2.14 bits per heavy atom. The first kappa shape index (κ1) is 10.3. The van der Waals surface area contributed by atoms with Crippen LogP contribution in [-0.2, 0) is 0 Å². The zero-order valence-corrected chi connectivity index (χ0v) is 8.42. The molecule has 0 atom stereocenters. The molecule has 0 N–H and O–H groups in total. The minimum atomic E-state index is -0.0866. The number of Topliss-reactive ketones (excluding diaryl/α,β-unsaturated/α-hetero) is 1. The number of methoxy groups -OCH3 is 1. The number of nitrogens with zero attached hydrogens (tertiary/aromatic N) is 1. The summed E-state index contributed by atoms with van der Waals surface area (Å²) in [5.74, 6) is 0.288. The monoisotopic (exact) mass is 189 g/mol. The van der Waals surface area contributed by atoms with Crippen molar-refractivity contribution in [2.24, 2.45) is 0 Å². The van der Waals surface area contributed by atoms with Crippen molar-refractivity contribution in [3.8, 4) is 11.8 Å². The highest BCUT2D eigenvalue weighted by atomic mass is 16.5. The first-order valence-corrected chi connectivity index (χ1v) is 4.20. The van der Waals surface area contributed by atoms with Crippen molar-refractivity contribution in [1.29, 1.82) is 5.26 Å². The SMILES string of the molecule is COc1c(C#N)ccc(C)c1C(C)=O. The molecule has 0 fully saturated rings. The molecule has 0 saturated carbocycles. The predicted octanol–water partition coefficient (Wildman–Crippen LogP) is 2.08. The van der Waals surface area contributed by atoms with Gasteiger partial charge >= 0.3 is 0 Å². The maximum Gasteiger partial charge on any atom is 0.163 e. The Balaban J connectivity index is 3.53. The first-order chi connectivity index (χ1) is 6.61. The average Bonchev–Trinajstić information content (AvgIpc) is 2.16. The summed E-state index contributed by atoms with van der Waals surface area (Å²) in [7, 11) is 1.46. The molecule has 0 bridgehead atoms. The maximum atomic E-state index is 11.3. The molecule has 14 heavy (non-hydrogen) atoms. The van der Waals surface area contributed by atoms with E-state index in [9.17, 15) is 4.79 Å². The van der Waals surface area contributed by atoms with Gasteiger partial charge in [0.15, 0.2) is 5.78 Å². The third-order valence-electron chi connectivity index (χ3n) is 2.04. The molecule has 0 spiro atoms. The van der Waals surface area contributed by atoms with Crippen molar-refractivity contribution < 1.29 is 9.53 Å². The number of aryl methyl sites for hydroxylation is 1. The lowest BCUT2D eigenvalue weighted by atomic mass is 10.0. The van der Waals surface area contributed by atoms with E-state index in [1.165, 1.54) is 14.0 Å². The highest BCUT2D eigenvalue weighted by Gasteiger charge is 2.14. The van der Waals surface area contributed by atoms with E-state index in [-0.39, 0.29) is 5.78 Å². The summed E-state index contributed by atoms with van der Waals surface area (Å²) < 4.78 is 5.07. The molecule has 72 valence electrons. The Hall–Kier alpha value is -1.82. The summed E-state index contributed by atoms with van der Waals surface area (Å²) in [6, 6.07) is 5.39. The molecule has 0 heterocycles. The molecule has 0 radical (unpaired) electrons. The van der Waals surface area contributed by atoms with Crippen LogP contribution in [-0.4, -0.2) is 12.9 Å². The summed E-state index contributed by atoms with van der Waals surface area (Å²) in [5.41, 5.74) is 1.71. The number of ether oxygens (including phenoxy) is 1. The molecule has 0 aliphatic rings. The van der Waals surface area contributed by atoms with E-state index < -0.39 is 0 Å². The van der Waals surface area contributed by atoms with Gasteiger partial charge in [0.1, 0.15) is 11.8 Å². The van der Waals surface area contributed by atoms with E-state index >= 15 is 0 Å². The van der Waals surface area contributed by atoms with Crippen molar-refractivity contribution in [1.82, 2.24) is 0 Å². The fraction of sp³-hybridized carbons (Fsp3) is 0.273. The lowest BCUT2D eigenvalue weighted by Gasteiger charge is -2.09. The van der Waals surface area contributed by atoms with Crippen LogP contribution >= 0.6 is 0 Å². The van der Waals surface area contributed by atoms with Crippen LogP contribution in [0.1, 0.15) is 28.4 Å². The third kappa shape index (κ3) is 1.60. The van der Waals surface area contributed by atoms with Gasteiger partial charge in [-0.3, -0.25) is 4.79 Å². The van der Waals surface area contributed by atoms with E-state index in [0.29, 0.717) is 16.9 Å². The van der Waals surface area contributed by atoms with Crippen LogP contribution in [0.2, 0.25) is 0 Å². The van der Waals surface area contributed by atoms with Crippen LogP contribution in [0.3, 0.4) is 0 Å². The molecular formula is C11H11NO2. The quantitative estimate of drug-likeness (QED) is 0.669. The standard InChI is InChI=1S/C11H11NO2/c1-7-4-5-9(6-12)11(14-3)10(7)8(2)13/h4-5H,1-3H3. The van der Waals surface area contributed by atoms with E-state index in [1.807, 2.05) is 13.0 Å². The number of carbonyl (C=O) groups is 1. The van der Waals surface area contributed by atoms with Crippen molar-refractivity contribution in [2.75, 3.05) is 7.11 Å². The topological polar surface area (TPSA) is 50.1 Å². The molecular weight excluding hydrogens is 178 g/mol. The van der Waals surface area contributed by atoms with Crippen molar-refractivity contribution in [2.45, 2.75) is 13.8 Å². The van der Waals surface area contributed by atoms with E-state index in [2.05, 4.69) is 0 Å². The molecule has 3 nitrogen and oxygen atoms in total. The molecule has 0 aromatic heterocycles. The second-order valence-corrected chi connectivity index (χ2v) is 3.01. The molecule has 0 aliphatic carbocycles. The van der Waals surface area contributed by atoms with Gasteiger partial charge in [0.25, 0.3) is 0 Å².